The zero-order chi connectivity index (χ0) is 11.5. The van der Waals surface area contributed by atoms with Crippen molar-refractivity contribution < 1.29 is 4.21 Å². The monoisotopic (exact) mass is 235 g/mol. The summed E-state index contributed by atoms with van der Waals surface area (Å²) in [6.07, 6.45) is 0. The lowest BCUT2D eigenvalue weighted by Gasteiger charge is -2.29. The molecule has 0 aliphatic carbocycles. The van der Waals surface area contributed by atoms with E-state index in [-0.39, 0.29) is 0 Å². The maximum atomic E-state index is 11.2. The predicted molar refractivity (Wildman–Crippen MR) is 65.7 cm³/mol. The molecule has 0 aromatic heterocycles. The highest BCUT2D eigenvalue weighted by Crippen LogP contribution is 2.25. The van der Waals surface area contributed by atoms with Gasteiger partial charge in [0, 0.05) is 35.4 Å². The van der Waals surface area contributed by atoms with Gasteiger partial charge in [-0.2, -0.15) is 5.26 Å². The molecule has 1 fully saturated rings. The molecule has 16 heavy (non-hydrogen) atoms. The van der Waals surface area contributed by atoms with Gasteiger partial charge in [-0.3, -0.25) is 4.21 Å². The van der Waals surface area contributed by atoms with Gasteiger partial charge in [0.05, 0.1) is 23.0 Å². The molecule has 0 spiro atoms. The summed E-state index contributed by atoms with van der Waals surface area (Å²) < 4.78 is 11.2. The fourth-order valence-electron chi connectivity index (χ4n) is 1.79. The minimum absolute atomic E-state index is 0.571. The Balaban J connectivity index is 2.21. The van der Waals surface area contributed by atoms with Crippen molar-refractivity contribution in [1.29, 1.82) is 5.26 Å². The van der Waals surface area contributed by atoms with E-state index in [4.69, 9.17) is 11.0 Å². The molecule has 0 atom stereocenters. The number of rotatable bonds is 1. The molecular formula is C11H13N3OS. The SMILES string of the molecule is N#Cc1ccc(N2CCS(=O)CC2)c(N)c1. The Morgan fingerprint density at radius 3 is 2.62 bits per heavy atom. The molecule has 0 bridgehead atoms. The third-order valence-electron chi connectivity index (χ3n) is 2.68. The lowest BCUT2D eigenvalue weighted by Crippen LogP contribution is -2.38. The molecule has 2 N–H and O–H groups in total. The first kappa shape index (κ1) is 11.0. The van der Waals surface area contributed by atoms with Gasteiger partial charge in [0.15, 0.2) is 0 Å². The molecule has 0 saturated carbocycles. The van der Waals surface area contributed by atoms with E-state index in [9.17, 15) is 4.21 Å². The number of benzene rings is 1. The lowest BCUT2D eigenvalue weighted by molar-refractivity contribution is 0.673. The zero-order valence-corrected chi connectivity index (χ0v) is 9.67. The van der Waals surface area contributed by atoms with Gasteiger partial charge in [0.1, 0.15) is 0 Å². The van der Waals surface area contributed by atoms with Crippen LogP contribution in [0.5, 0.6) is 0 Å². The molecule has 4 nitrogen and oxygen atoms in total. The molecule has 1 heterocycles. The van der Waals surface area contributed by atoms with Crippen molar-refractivity contribution in [2.75, 3.05) is 35.2 Å². The predicted octanol–water partition coefficient (Wildman–Crippen LogP) is 0.709. The highest BCUT2D eigenvalue weighted by atomic mass is 32.2. The molecule has 1 saturated heterocycles. The molecular weight excluding hydrogens is 222 g/mol. The van der Waals surface area contributed by atoms with E-state index in [1.54, 1.807) is 12.1 Å². The van der Waals surface area contributed by atoms with E-state index in [1.165, 1.54) is 0 Å². The third kappa shape index (κ3) is 2.17. The van der Waals surface area contributed by atoms with Crippen LogP contribution in [-0.4, -0.2) is 28.8 Å². The first-order chi connectivity index (χ1) is 7.70. The second-order valence-corrected chi connectivity index (χ2v) is 5.42. The fourth-order valence-corrected chi connectivity index (χ4v) is 2.84. The molecule has 1 aromatic rings. The second kappa shape index (κ2) is 4.54. The molecule has 0 unspecified atom stereocenters. The van der Waals surface area contributed by atoms with Crippen molar-refractivity contribution in [2.45, 2.75) is 0 Å². The molecule has 1 aromatic carbocycles. The summed E-state index contributed by atoms with van der Waals surface area (Å²) in [5.41, 5.74) is 8.02. The van der Waals surface area contributed by atoms with Gasteiger partial charge in [-0.25, -0.2) is 0 Å². The van der Waals surface area contributed by atoms with Crippen molar-refractivity contribution in [1.82, 2.24) is 0 Å². The summed E-state index contributed by atoms with van der Waals surface area (Å²) >= 11 is 0. The van der Waals surface area contributed by atoms with E-state index >= 15 is 0 Å². The summed E-state index contributed by atoms with van der Waals surface area (Å²) in [6.45, 7) is 1.53. The quantitative estimate of drug-likeness (QED) is 0.728. The number of nitrogens with zero attached hydrogens (tertiary/aromatic N) is 2. The molecule has 0 radical (unpaired) electrons. The molecule has 84 valence electrons. The fraction of sp³-hybridized carbons (Fsp3) is 0.364. The summed E-state index contributed by atoms with van der Waals surface area (Å²) in [5.74, 6) is 1.39. The van der Waals surface area contributed by atoms with Gasteiger partial charge < -0.3 is 10.6 Å². The van der Waals surface area contributed by atoms with E-state index in [0.717, 1.165) is 18.8 Å². The molecule has 1 aliphatic rings. The second-order valence-electron chi connectivity index (χ2n) is 3.72. The van der Waals surface area contributed by atoms with Crippen molar-refractivity contribution in [2.24, 2.45) is 0 Å². The number of hydrogen-bond acceptors (Lipinski definition) is 4. The topological polar surface area (TPSA) is 70.1 Å². The smallest absolute Gasteiger partial charge is 0.0992 e. The van der Waals surface area contributed by atoms with E-state index in [2.05, 4.69) is 11.0 Å². The highest BCUT2D eigenvalue weighted by molar-refractivity contribution is 7.85. The first-order valence-corrected chi connectivity index (χ1v) is 6.59. The first-order valence-electron chi connectivity index (χ1n) is 5.10. The number of nitrogens with two attached hydrogens (primary N) is 1. The lowest BCUT2D eigenvalue weighted by atomic mass is 10.1. The maximum Gasteiger partial charge on any atom is 0.0992 e. The van der Waals surface area contributed by atoms with Crippen LogP contribution in [0.3, 0.4) is 0 Å². The maximum absolute atomic E-state index is 11.2. The average molecular weight is 235 g/mol. The summed E-state index contributed by atoms with van der Waals surface area (Å²) in [7, 11) is -0.682. The number of nitriles is 1. The van der Waals surface area contributed by atoms with E-state index < -0.39 is 10.8 Å². The van der Waals surface area contributed by atoms with Gasteiger partial charge in [0.2, 0.25) is 0 Å². The Hall–Kier alpha value is -1.54. The van der Waals surface area contributed by atoms with Crippen LogP contribution in [0.15, 0.2) is 18.2 Å². The Labute approximate surface area is 97.1 Å². The van der Waals surface area contributed by atoms with Crippen molar-refractivity contribution in [3.8, 4) is 6.07 Å². The Bertz CT molecular complexity index is 457. The standard InChI is InChI=1S/C11H13N3OS/c12-8-9-1-2-11(10(13)7-9)14-3-5-16(15)6-4-14/h1-2,7H,3-6,13H2. The van der Waals surface area contributed by atoms with Crippen molar-refractivity contribution in [3.05, 3.63) is 23.8 Å². The normalized spacial score (nSPS) is 17.1. The van der Waals surface area contributed by atoms with Gasteiger partial charge >= 0.3 is 0 Å². The van der Waals surface area contributed by atoms with Crippen LogP contribution in [0.25, 0.3) is 0 Å². The summed E-state index contributed by atoms with van der Waals surface area (Å²) in [6, 6.07) is 7.36. The van der Waals surface area contributed by atoms with Crippen LogP contribution >= 0.6 is 0 Å². The summed E-state index contributed by atoms with van der Waals surface area (Å²) in [4.78, 5) is 2.12. The van der Waals surface area contributed by atoms with Gasteiger partial charge in [-0.15, -0.1) is 0 Å². The Kier molecular flexibility index (Phi) is 3.11. The zero-order valence-electron chi connectivity index (χ0n) is 8.85. The van der Waals surface area contributed by atoms with Gasteiger partial charge in [0.25, 0.3) is 0 Å². The molecule has 2 rings (SSSR count). The highest BCUT2D eigenvalue weighted by Gasteiger charge is 2.17. The van der Waals surface area contributed by atoms with Gasteiger partial charge in [-0.1, -0.05) is 0 Å². The van der Waals surface area contributed by atoms with Crippen molar-refractivity contribution in [3.63, 3.8) is 0 Å². The van der Waals surface area contributed by atoms with Crippen LogP contribution < -0.4 is 10.6 Å². The number of nitrogen functional groups attached to an aromatic ring is 1. The van der Waals surface area contributed by atoms with Crippen molar-refractivity contribution >= 4 is 22.2 Å². The van der Waals surface area contributed by atoms with Crippen LogP contribution in [0.4, 0.5) is 11.4 Å². The molecule has 5 heteroatoms. The average Bonchev–Trinajstić information content (AvgIpc) is 2.30. The van der Waals surface area contributed by atoms with E-state index in [1.807, 2.05) is 6.07 Å². The van der Waals surface area contributed by atoms with Crippen LogP contribution in [0.1, 0.15) is 5.56 Å². The van der Waals surface area contributed by atoms with E-state index in [0.29, 0.717) is 22.8 Å². The number of hydrogen-bond donors (Lipinski definition) is 1. The van der Waals surface area contributed by atoms with Crippen LogP contribution in [0, 0.1) is 11.3 Å². The molecule has 1 aliphatic heterocycles. The van der Waals surface area contributed by atoms with Gasteiger partial charge in [-0.05, 0) is 18.2 Å². The van der Waals surface area contributed by atoms with Crippen LogP contribution in [0.2, 0.25) is 0 Å². The Morgan fingerprint density at radius 2 is 2.06 bits per heavy atom. The Morgan fingerprint density at radius 1 is 1.38 bits per heavy atom. The summed E-state index contributed by atoms with van der Waals surface area (Å²) in [5, 5.41) is 8.74. The minimum Gasteiger partial charge on any atom is -0.397 e. The van der Waals surface area contributed by atoms with Crippen LogP contribution in [-0.2, 0) is 10.8 Å². The largest absolute Gasteiger partial charge is 0.397 e. The number of anilines is 2. The molecule has 0 amide bonds. The minimum atomic E-state index is -0.682. The third-order valence-corrected chi connectivity index (χ3v) is 3.95.